The first-order valence-electron chi connectivity index (χ1n) is 8.41. The van der Waals surface area contributed by atoms with Crippen molar-refractivity contribution < 1.29 is 12.8 Å². The lowest BCUT2D eigenvalue weighted by molar-refractivity contribution is 0.384. The fourth-order valence-electron chi connectivity index (χ4n) is 3.19. The molecule has 0 amide bonds. The van der Waals surface area contributed by atoms with Gasteiger partial charge in [-0.1, -0.05) is 30.3 Å². The standard InChI is InChI=1S/C19H23FN2O2S/c1-15-6-5-9-19(16(15)2)21-10-12-22(13-11-21)25(23,24)14-17-7-3-4-8-18(17)20/h3-9H,10-14H2,1-2H3. The average molecular weight is 362 g/mol. The van der Waals surface area contributed by atoms with E-state index in [-0.39, 0.29) is 11.3 Å². The fourth-order valence-corrected chi connectivity index (χ4v) is 4.72. The Balaban J connectivity index is 1.69. The molecule has 6 heteroatoms. The third-order valence-corrected chi connectivity index (χ3v) is 6.67. The molecular formula is C19H23FN2O2S. The van der Waals surface area contributed by atoms with Crippen LogP contribution in [0.25, 0.3) is 0 Å². The number of benzene rings is 2. The van der Waals surface area contributed by atoms with E-state index in [2.05, 4.69) is 30.9 Å². The molecule has 0 bridgehead atoms. The summed E-state index contributed by atoms with van der Waals surface area (Å²) in [6.07, 6.45) is 0. The third-order valence-electron chi connectivity index (χ3n) is 4.84. The number of rotatable bonds is 4. The summed E-state index contributed by atoms with van der Waals surface area (Å²) in [6.45, 7) is 6.29. The van der Waals surface area contributed by atoms with Crippen molar-refractivity contribution in [2.75, 3.05) is 31.1 Å². The van der Waals surface area contributed by atoms with Gasteiger partial charge in [-0.3, -0.25) is 0 Å². The summed E-state index contributed by atoms with van der Waals surface area (Å²) in [5.41, 5.74) is 3.84. The van der Waals surface area contributed by atoms with Crippen LogP contribution in [-0.4, -0.2) is 38.9 Å². The number of aryl methyl sites for hydroxylation is 1. The van der Waals surface area contributed by atoms with Crippen LogP contribution >= 0.6 is 0 Å². The van der Waals surface area contributed by atoms with Gasteiger partial charge in [0, 0.05) is 37.4 Å². The highest BCUT2D eigenvalue weighted by molar-refractivity contribution is 7.88. The van der Waals surface area contributed by atoms with E-state index >= 15 is 0 Å². The second kappa shape index (κ2) is 7.14. The van der Waals surface area contributed by atoms with Gasteiger partial charge in [0.15, 0.2) is 0 Å². The van der Waals surface area contributed by atoms with Crippen LogP contribution in [0.5, 0.6) is 0 Å². The molecule has 1 saturated heterocycles. The van der Waals surface area contributed by atoms with Gasteiger partial charge in [0.25, 0.3) is 0 Å². The van der Waals surface area contributed by atoms with Crippen LogP contribution in [0.2, 0.25) is 0 Å². The molecule has 0 unspecified atom stereocenters. The van der Waals surface area contributed by atoms with Crippen molar-refractivity contribution in [3.63, 3.8) is 0 Å². The van der Waals surface area contributed by atoms with Crippen molar-refractivity contribution in [1.82, 2.24) is 4.31 Å². The largest absolute Gasteiger partial charge is 0.369 e. The average Bonchev–Trinajstić information content (AvgIpc) is 2.59. The van der Waals surface area contributed by atoms with Crippen molar-refractivity contribution >= 4 is 15.7 Å². The normalized spacial score (nSPS) is 16.2. The zero-order valence-electron chi connectivity index (χ0n) is 14.6. The molecule has 0 N–H and O–H groups in total. The van der Waals surface area contributed by atoms with Gasteiger partial charge in [0.05, 0.1) is 5.75 Å². The van der Waals surface area contributed by atoms with Crippen LogP contribution in [0.1, 0.15) is 16.7 Å². The second-order valence-corrected chi connectivity index (χ2v) is 8.42. The zero-order valence-corrected chi connectivity index (χ0v) is 15.4. The molecule has 0 saturated carbocycles. The van der Waals surface area contributed by atoms with Crippen LogP contribution in [0.4, 0.5) is 10.1 Å². The van der Waals surface area contributed by atoms with Crippen molar-refractivity contribution in [2.45, 2.75) is 19.6 Å². The second-order valence-electron chi connectivity index (χ2n) is 6.45. The molecule has 3 rings (SSSR count). The highest BCUT2D eigenvalue weighted by atomic mass is 32.2. The van der Waals surface area contributed by atoms with Crippen molar-refractivity contribution in [3.05, 3.63) is 65.0 Å². The van der Waals surface area contributed by atoms with Crippen molar-refractivity contribution in [1.29, 1.82) is 0 Å². The SMILES string of the molecule is Cc1cccc(N2CCN(S(=O)(=O)Cc3ccccc3F)CC2)c1C. The Bertz CT molecular complexity index is 859. The van der Waals surface area contributed by atoms with E-state index in [0.717, 1.165) is 5.69 Å². The maximum absolute atomic E-state index is 13.8. The minimum absolute atomic E-state index is 0.222. The Morgan fingerprint density at radius 2 is 1.64 bits per heavy atom. The van der Waals surface area contributed by atoms with E-state index in [4.69, 9.17) is 0 Å². The van der Waals surface area contributed by atoms with Gasteiger partial charge in [0.2, 0.25) is 10.0 Å². The third kappa shape index (κ3) is 3.85. The minimum atomic E-state index is -3.52. The summed E-state index contributed by atoms with van der Waals surface area (Å²) in [4.78, 5) is 2.22. The smallest absolute Gasteiger partial charge is 0.218 e. The number of hydrogen-bond acceptors (Lipinski definition) is 3. The number of piperazine rings is 1. The molecule has 2 aromatic rings. The first-order valence-corrected chi connectivity index (χ1v) is 10.0. The van der Waals surface area contributed by atoms with E-state index < -0.39 is 15.8 Å². The van der Waals surface area contributed by atoms with Crippen molar-refractivity contribution in [3.8, 4) is 0 Å². The van der Waals surface area contributed by atoms with Crippen LogP contribution in [0.15, 0.2) is 42.5 Å². The summed E-state index contributed by atoms with van der Waals surface area (Å²) in [6, 6.07) is 12.2. The maximum Gasteiger partial charge on any atom is 0.218 e. The molecule has 0 spiro atoms. The lowest BCUT2D eigenvalue weighted by Crippen LogP contribution is -2.49. The molecule has 1 heterocycles. The van der Waals surface area contributed by atoms with Gasteiger partial charge < -0.3 is 4.90 Å². The Morgan fingerprint density at radius 3 is 2.32 bits per heavy atom. The van der Waals surface area contributed by atoms with Gasteiger partial charge >= 0.3 is 0 Å². The Labute approximate surface area is 148 Å². The highest BCUT2D eigenvalue weighted by Crippen LogP contribution is 2.25. The van der Waals surface area contributed by atoms with Crippen LogP contribution in [0, 0.1) is 19.7 Å². The zero-order chi connectivity index (χ0) is 18.0. The summed E-state index contributed by atoms with van der Waals surface area (Å²) in [7, 11) is -3.52. The van der Waals surface area contributed by atoms with Gasteiger partial charge in [-0.15, -0.1) is 0 Å². The van der Waals surface area contributed by atoms with Gasteiger partial charge in [-0.2, -0.15) is 4.31 Å². The molecule has 25 heavy (non-hydrogen) atoms. The van der Waals surface area contributed by atoms with Crippen LogP contribution in [0.3, 0.4) is 0 Å². The topological polar surface area (TPSA) is 40.6 Å². The van der Waals surface area contributed by atoms with E-state index in [1.54, 1.807) is 12.1 Å². The van der Waals surface area contributed by atoms with Gasteiger partial charge in [0.1, 0.15) is 5.82 Å². The summed E-state index contributed by atoms with van der Waals surface area (Å²) >= 11 is 0. The van der Waals surface area contributed by atoms with Crippen LogP contribution < -0.4 is 4.90 Å². The molecule has 134 valence electrons. The van der Waals surface area contributed by atoms with Crippen molar-refractivity contribution in [2.24, 2.45) is 0 Å². The molecule has 0 atom stereocenters. The van der Waals surface area contributed by atoms with E-state index in [9.17, 15) is 12.8 Å². The number of halogens is 1. The number of sulfonamides is 1. The first-order chi connectivity index (χ1) is 11.9. The lowest BCUT2D eigenvalue weighted by atomic mass is 10.1. The predicted octanol–water partition coefficient (Wildman–Crippen LogP) is 3.09. The lowest BCUT2D eigenvalue weighted by Gasteiger charge is -2.36. The fraction of sp³-hybridized carbons (Fsp3) is 0.368. The van der Waals surface area contributed by atoms with Crippen LogP contribution in [-0.2, 0) is 15.8 Å². The predicted molar refractivity (Wildman–Crippen MR) is 98.7 cm³/mol. The summed E-state index contributed by atoms with van der Waals surface area (Å²) in [5.74, 6) is -0.761. The van der Waals surface area contributed by atoms with Gasteiger partial charge in [-0.25, -0.2) is 12.8 Å². The Morgan fingerprint density at radius 1 is 0.960 bits per heavy atom. The quantitative estimate of drug-likeness (QED) is 0.839. The number of nitrogens with zero attached hydrogens (tertiary/aromatic N) is 2. The number of anilines is 1. The maximum atomic E-state index is 13.8. The molecule has 0 aliphatic carbocycles. The van der Waals surface area contributed by atoms with Gasteiger partial charge in [-0.05, 0) is 37.1 Å². The Kier molecular flexibility index (Phi) is 5.11. The van der Waals surface area contributed by atoms with E-state index in [1.165, 1.54) is 27.6 Å². The number of hydrogen-bond donors (Lipinski definition) is 0. The molecular weight excluding hydrogens is 339 g/mol. The highest BCUT2D eigenvalue weighted by Gasteiger charge is 2.28. The summed E-state index contributed by atoms with van der Waals surface area (Å²) < 4.78 is 40.5. The monoisotopic (exact) mass is 362 g/mol. The molecule has 1 aliphatic rings. The first kappa shape index (κ1) is 17.9. The molecule has 0 aromatic heterocycles. The molecule has 2 aromatic carbocycles. The van der Waals surface area contributed by atoms with E-state index in [1.807, 2.05) is 6.07 Å². The molecule has 4 nitrogen and oxygen atoms in total. The minimum Gasteiger partial charge on any atom is -0.369 e. The molecule has 0 radical (unpaired) electrons. The Hall–Kier alpha value is -1.92. The molecule has 1 fully saturated rings. The molecule has 1 aliphatic heterocycles. The summed E-state index contributed by atoms with van der Waals surface area (Å²) in [5, 5.41) is 0. The van der Waals surface area contributed by atoms with E-state index in [0.29, 0.717) is 26.2 Å².